The van der Waals surface area contributed by atoms with Crippen LogP contribution >= 0.6 is 35.0 Å². The van der Waals surface area contributed by atoms with E-state index in [0.29, 0.717) is 13.1 Å². The number of halogens is 2. The molecule has 0 spiro atoms. The van der Waals surface area contributed by atoms with E-state index in [4.69, 9.17) is 23.2 Å². The maximum atomic E-state index is 12.0. The first-order valence-corrected chi connectivity index (χ1v) is 11.5. The lowest BCUT2D eigenvalue weighted by atomic mass is 10.2. The van der Waals surface area contributed by atoms with Crippen LogP contribution in [0.1, 0.15) is 32.3 Å². The Labute approximate surface area is 189 Å². The van der Waals surface area contributed by atoms with Gasteiger partial charge in [-0.05, 0) is 18.4 Å². The van der Waals surface area contributed by atoms with Crippen molar-refractivity contribution in [3.63, 3.8) is 0 Å². The van der Waals surface area contributed by atoms with E-state index in [1.807, 2.05) is 23.1 Å². The molecule has 0 radical (unpaired) electrons. The molecule has 0 heterocycles. The zero-order chi connectivity index (χ0) is 22.1. The first-order chi connectivity index (χ1) is 13.9. The van der Waals surface area contributed by atoms with Gasteiger partial charge in [-0.2, -0.15) is 0 Å². The first-order valence-electron chi connectivity index (χ1n) is 9.65. The van der Waals surface area contributed by atoms with E-state index in [-0.39, 0.29) is 11.1 Å². The van der Waals surface area contributed by atoms with Gasteiger partial charge in [-0.25, -0.2) is 0 Å². The van der Waals surface area contributed by atoms with E-state index in [9.17, 15) is 9.59 Å². The summed E-state index contributed by atoms with van der Waals surface area (Å²) in [6.07, 6.45) is 5.27. The molecule has 7 heteroatoms. The Hall–Kier alpha value is -1.43. The molecule has 0 saturated heterocycles. The molecule has 0 fully saturated rings. The molecule has 1 aromatic carbocycles. The van der Waals surface area contributed by atoms with Crippen LogP contribution in [0.2, 0.25) is 0 Å². The van der Waals surface area contributed by atoms with Crippen LogP contribution in [0, 0.1) is 0 Å². The summed E-state index contributed by atoms with van der Waals surface area (Å²) in [5.41, 5.74) is 1.21. The van der Waals surface area contributed by atoms with Gasteiger partial charge in [0.05, 0.1) is 0 Å². The van der Waals surface area contributed by atoms with Gasteiger partial charge >= 0.3 is 0 Å². The van der Waals surface area contributed by atoms with Gasteiger partial charge in [0.1, 0.15) is 0 Å². The number of benzene rings is 1. The molecule has 0 aliphatic rings. The number of alkyl halides is 2. The Balaban J connectivity index is 0.000000578. The third-order valence-corrected chi connectivity index (χ3v) is 5.00. The van der Waals surface area contributed by atoms with E-state index in [1.165, 1.54) is 22.2 Å². The smallest absolute Gasteiger partial charge is 0.281 e. The molecule has 2 amide bonds. The molecule has 0 aromatic heterocycles. The summed E-state index contributed by atoms with van der Waals surface area (Å²) in [4.78, 5) is 25.6. The number of nitrogens with zero attached hydrogens (tertiary/aromatic N) is 2. The molecule has 29 heavy (non-hydrogen) atoms. The minimum absolute atomic E-state index is 0.206. The molecule has 0 aliphatic carbocycles. The van der Waals surface area contributed by atoms with Crippen LogP contribution in [0.3, 0.4) is 0 Å². The van der Waals surface area contributed by atoms with Crippen molar-refractivity contribution in [2.24, 2.45) is 0 Å². The van der Waals surface area contributed by atoms with Gasteiger partial charge in [0.2, 0.25) is 0 Å². The summed E-state index contributed by atoms with van der Waals surface area (Å²) in [7, 11) is 0. The predicted molar refractivity (Wildman–Crippen MR) is 128 cm³/mol. The standard InChI is InChI=1S/C14H21NOS.C8H11Cl2NO/c1-3-10-15(11-4-2)14(16)17-12-13-8-6-5-7-9-13;1-3-5-11(6-4-2)8(12)7(9)10/h5-9H,3-4,10-12H2,1-2H3;3-4,7H,1-2,5-6H2. The van der Waals surface area contributed by atoms with Gasteiger partial charge in [0.15, 0.2) is 4.84 Å². The van der Waals surface area contributed by atoms with E-state index in [1.54, 1.807) is 12.2 Å². The zero-order valence-corrected chi connectivity index (χ0v) is 19.7. The molecule has 0 bridgehead atoms. The van der Waals surface area contributed by atoms with Crippen LogP contribution in [0.5, 0.6) is 0 Å². The second kappa shape index (κ2) is 17.4. The van der Waals surface area contributed by atoms with Crippen LogP contribution in [0.25, 0.3) is 0 Å². The molecule has 0 atom stereocenters. The molecule has 162 valence electrons. The Bertz CT molecular complexity index is 596. The van der Waals surface area contributed by atoms with Gasteiger partial charge in [0, 0.05) is 31.9 Å². The molecular weight excluding hydrogens is 427 g/mol. The highest BCUT2D eigenvalue weighted by molar-refractivity contribution is 8.12. The summed E-state index contributed by atoms with van der Waals surface area (Å²) in [5, 5.41) is 0.206. The van der Waals surface area contributed by atoms with Crippen molar-refractivity contribution in [3.8, 4) is 0 Å². The number of hydrogen-bond donors (Lipinski definition) is 0. The van der Waals surface area contributed by atoms with Crippen LogP contribution in [0.15, 0.2) is 55.6 Å². The third kappa shape index (κ3) is 12.7. The molecule has 4 nitrogen and oxygen atoms in total. The van der Waals surface area contributed by atoms with Crippen molar-refractivity contribution in [1.29, 1.82) is 0 Å². The molecule has 1 rings (SSSR count). The maximum Gasteiger partial charge on any atom is 0.281 e. The quantitative estimate of drug-likeness (QED) is 0.294. The second-order valence-corrected chi connectivity index (χ2v) is 8.17. The molecule has 1 aromatic rings. The summed E-state index contributed by atoms with van der Waals surface area (Å²) < 4.78 is 0. The van der Waals surface area contributed by atoms with Crippen molar-refractivity contribution in [1.82, 2.24) is 9.80 Å². The highest BCUT2D eigenvalue weighted by atomic mass is 35.5. The minimum Gasteiger partial charge on any atom is -0.334 e. The highest BCUT2D eigenvalue weighted by Crippen LogP contribution is 2.16. The fraction of sp³-hybridized carbons (Fsp3) is 0.455. The molecular formula is C22H32Cl2N2O2S. The number of hydrogen-bond acceptors (Lipinski definition) is 3. The Morgan fingerprint density at radius 1 is 1.00 bits per heavy atom. The van der Waals surface area contributed by atoms with Gasteiger partial charge in [0.25, 0.3) is 11.1 Å². The van der Waals surface area contributed by atoms with Gasteiger partial charge in [-0.3, -0.25) is 9.59 Å². The summed E-state index contributed by atoms with van der Waals surface area (Å²) in [6, 6.07) is 10.1. The summed E-state index contributed by atoms with van der Waals surface area (Å²) in [6.45, 7) is 13.8. The number of carbonyl (C=O) groups is 2. The van der Waals surface area contributed by atoms with Crippen LogP contribution in [0.4, 0.5) is 4.79 Å². The van der Waals surface area contributed by atoms with Crippen molar-refractivity contribution in [2.75, 3.05) is 26.2 Å². The van der Waals surface area contributed by atoms with E-state index >= 15 is 0 Å². The van der Waals surface area contributed by atoms with Crippen molar-refractivity contribution >= 4 is 46.1 Å². The fourth-order valence-electron chi connectivity index (χ4n) is 2.35. The minimum atomic E-state index is -1.01. The molecule has 0 saturated carbocycles. The Morgan fingerprint density at radius 2 is 1.52 bits per heavy atom. The predicted octanol–water partition coefficient (Wildman–Crippen LogP) is 6.15. The topological polar surface area (TPSA) is 40.6 Å². The van der Waals surface area contributed by atoms with Crippen LogP contribution < -0.4 is 0 Å². The van der Waals surface area contributed by atoms with Crippen molar-refractivity contribution < 1.29 is 9.59 Å². The Kier molecular flexibility index (Phi) is 16.6. The zero-order valence-electron chi connectivity index (χ0n) is 17.4. The van der Waals surface area contributed by atoms with Crippen LogP contribution in [-0.4, -0.2) is 52.0 Å². The lowest BCUT2D eigenvalue weighted by Crippen LogP contribution is -2.35. The average Bonchev–Trinajstić information content (AvgIpc) is 2.72. The van der Waals surface area contributed by atoms with Crippen molar-refractivity contribution in [3.05, 3.63) is 61.2 Å². The fourth-order valence-corrected chi connectivity index (χ4v) is 3.47. The second-order valence-electron chi connectivity index (χ2n) is 6.15. The van der Waals surface area contributed by atoms with Gasteiger partial charge in [-0.15, -0.1) is 13.2 Å². The largest absolute Gasteiger partial charge is 0.334 e. The molecule has 0 unspecified atom stereocenters. The number of rotatable bonds is 11. The van der Waals surface area contributed by atoms with E-state index < -0.39 is 4.84 Å². The number of thioether (sulfide) groups is 1. The highest BCUT2D eigenvalue weighted by Gasteiger charge is 2.17. The van der Waals surface area contributed by atoms with E-state index in [0.717, 1.165) is 31.7 Å². The van der Waals surface area contributed by atoms with Crippen LogP contribution in [-0.2, 0) is 10.5 Å². The summed E-state index contributed by atoms with van der Waals surface area (Å²) in [5.74, 6) is 0.446. The van der Waals surface area contributed by atoms with E-state index in [2.05, 4.69) is 39.1 Å². The summed E-state index contributed by atoms with van der Waals surface area (Å²) >= 11 is 12.2. The third-order valence-electron chi connectivity index (χ3n) is 3.65. The monoisotopic (exact) mass is 458 g/mol. The Morgan fingerprint density at radius 3 is 1.93 bits per heavy atom. The maximum absolute atomic E-state index is 12.0. The number of amides is 2. The molecule has 0 N–H and O–H groups in total. The van der Waals surface area contributed by atoms with Gasteiger partial charge < -0.3 is 9.80 Å². The molecule has 0 aliphatic heterocycles. The lowest BCUT2D eigenvalue weighted by Gasteiger charge is -2.20. The lowest BCUT2D eigenvalue weighted by molar-refractivity contribution is -0.128. The van der Waals surface area contributed by atoms with Gasteiger partial charge in [-0.1, -0.05) is 91.3 Å². The normalized spacial score (nSPS) is 9.97. The average molecular weight is 459 g/mol. The SMILES string of the molecule is C=CCN(CC=C)C(=O)C(Cl)Cl.CCCN(CCC)C(=O)SCc1ccccc1. The first kappa shape index (κ1) is 27.6. The number of carbonyl (C=O) groups excluding carboxylic acids is 2. The van der Waals surface area contributed by atoms with Crippen molar-refractivity contribution in [2.45, 2.75) is 37.3 Å².